The van der Waals surface area contributed by atoms with Gasteiger partial charge in [0.2, 0.25) is 0 Å². The van der Waals surface area contributed by atoms with E-state index in [4.69, 9.17) is 4.74 Å². The third kappa shape index (κ3) is 4.08. The second kappa shape index (κ2) is 6.76. The van der Waals surface area contributed by atoms with Crippen molar-refractivity contribution >= 4 is 21.9 Å². The quantitative estimate of drug-likeness (QED) is 0.839. The Labute approximate surface area is 132 Å². The van der Waals surface area contributed by atoms with Crippen molar-refractivity contribution in [3.63, 3.8) is 0 Å². The molecule has 0 aliphatic carbocycles. The predicted octanol–water partition coefficient (Wildman–Crippen LogP) is 4.85. The number of carbonyl (C=O) groups is 1. The molecule has 0 spiro atoms. The lowest BCUT2D eigenvalue weighted by atomic mass is 10.0. The van der Waals surface area contributed by atoms with Crippen LogP contribution in [0.3, 0.4) is 0 Å². The van der Waals surface area contributed by atoms with Crippen molar-refractivity contribution in [1.82, 2.24) is 0 Å². The Morgan fingerprint density at radius 1 is 1.24 bits per heavy atom. The molecule has 110 valence electrons. The summed E-state index contributed by atoms with van der Waals surface area (Å²) < 4.78 is 6.58. The summed E-state index contributed by atoms with van der Waals surface area (Å²) in [4.78, 5) is 11.2. The fourth-order valence-electron chi connectivity index (χ4n) is 2.01. The van der Waals surface area contributed by atoms with E-state index >= 15 is 0 Å². The van der Waals surface area contributed by atoms with Gasteiger partial charge in [-0.25, -0.2) is 4.79 Å². The van der Waals surface area contributed by atoms with Gasteiger partial charge in [-0.3, -0.25) is 0 Å². The molecule has 0 atom stereocenters. The molecule has 2 rings (SSSR count). The summed E-state index contributed by atoms with van der Waals surface area (Å²) in [6.45, 7) is 4.47. The first-order chi connectivity index (χ1) is 9.97. The van der Waals surface area contributed by atoms with Gasteiger partial charge in [-0.2, -0.15) is 0 Å². The van der Waals surface area contributed by atoms with Gasteiger partial charge in [-0.15, -0.1) is 0 Å². The fraction of sp³-hybridized carbons (Fsp3) is 0.235. The van der Waals surface area contributed by atoms with Crippen molar-refractivity contribution in [3.05, 3.63) is 63.6 Å². The molecule has 0 aromatic heterocycles. The summed E-state index contributed by atoms with van der Waals surface area (Å²) in [5, 5.41) is 9.20. The van der Waals surface area contributed by atoms with Crippen LogP contribution in [0.15, 0.2) is 46.9 Å². The molecule has 0 radical (unpaired) electrons. The van der Waals surface area contributed by atoms with Crippen molar-refractivity contribution in [2.24, 2.45) is 0 Å². The van der Waals surface area contributed by atoms with Crippen molar-refractivity contribution in [2.75, 3.05) is 0 Å². The van der Waals surface area contributed by atoms with E-state index in [9.17, 15) is 9.90 Å². The number of halogens is 1. The maximum atomic E-state index is 11.2. The summed E-state index contributed by atoms with van der Waals surface area (Å²) in [7, 11) is 0. The van der Waals surface area contributed by atoms with E-state index in [1.165, 1.54) is 5.56 Å². The topological polar surface area (TPSA) is 46.5 Å². The smallest absolute Gasteiger partial charge is 0.336 e. The maximum Gasteiger partial charge on any atom is 0.336 e. The molecule has 0 fully saturated rings. The van der Waals surface area contributed by atoms with Gasteiger partial charge in [0.15, 0.2) is 0 Å². The maximum absolute atomic E-state index is 11.2. The predicted molar refractivity (Wildman–Crippen MR) is 86.0 cm³/mol. The van der Waals surface area contributed by atoms with E-state index in [0.717, 1.165) is 10.2 Å². The monoisotopic (exact) mass is 348 g/mol. The molecular weight excluding hydrogens is 332 g/mol. The molecule has 2 aromatic carbocycles. The van der Waals surface area contributed by atoms with Crippen LogP contribution in [0.5, 0.6) is 5.75 Å². The van der Waals surface area contributed by atoms with E-state index in [1.807, 2.05) is 18.2 Å². The van der Waals surface area contributed by atoms with E-state index in [2.05, 4.69) is 35.8 Å². The molecule has 0 saturated carbocycles. The van der Waals surface area contributed by atoms with Gasteiger partial charge in [0.25, 0.3) is 0 Å². The molecule has 0 saturated heterocycles. The molecule has 0 aliphatic rings. The zero-order chi connectivity index (χ0) is 15.4. The SMILES string of the molecule is CC(C)c1cccc(OCc2cc(Br)ccc2C(=O)O)c1. The molecule has 4 heteroatoms. The molecular formula is C17H17BrO3. The Kier molecular flexibility index (Phi) is 5.02. The number of benzene rings is 2. The highest BCUT2D eigenvalue weighted by atomic mass is 79.9. The van der Waals surface area contributed by atoms with E-state index in [-0.39, 0.29) is 12.2 Å². The number of ether oxygens (including phenoxy) is 1. The Morgan fingerprint density at radius 3 is 2.67 bits per heavy atom. The van der Waals surface area contributed by atoms with Gasteiger partial charge >= 0.3 is 5.97 Å². The van der Waals surface area contributed by atoms with Crippen LogP contribution in [0, 0.1) is 0 Å². The molecule has 3 nitrogen and oxygen atoms in total. The van der Waals surface area contributed by atoms with Crippen molar-refractivity contribution in [2.45, 2.75) is 26.4 Å². The largest absolute Gasteiger partial charge is 0.489 e. The van der Waals surface area contributed by atoms with Crippen LogP contribution in [0.4, 0.5) is 0 Å². The van der Waals surface area contributed by atoms with E-state index < -0.39 is 5.97 Å². The molecule has 0 bridgehead atoms. The molecule has 21 heavy (non-hydrogen) atoms. The summed E-state index contributed by atoms with van der Waals surface area (Å²) in [5.74, 6) is 0.226. The Morgan fingerprint density at radius 2 is 2.00 bits per heavy atom. The number of hydrogen-bond acceptors (Lipinski definition) is 2. The van der Waals surface area contributed by atoms with Gasteiger partial charge in [-0.05, 0) is 41.8 Å². The van der Waals surface area contributed by atoms with Crippen LogP contribution in [0.2, 0.25) is 0 Å². The summed E-state index contributed by atoms with van der Waals surface area (Å²) in [6.07, 6.45) is 0. The average Bonchev–Trinajstić information content (AvgIpc) is 2.45. The zero-order valence-corrected chi connectivity index (χ0v) is 13.6. The fourth-order valence-corrected chi connectivity index (χ4v) is 2.42. The first kappa shape index (κ1) is 15.6. The first-order valence-corrected chi connectivity index (χ1v) is 7.51. The summed E-state index contributed by atoms with van der Waals surface area (Å²) >= 11 is 3.35. The third-order valence-corrected chi connectivity index (χ3v) is 3.71. The van der Waals surface area contributed by atoms with Crippen LogP contribution in [-0.2, 0) is 6.61 Å². The average molecular weight is 349 g/mol. The third-order valence-electron chi connectivity index (χ3n) is 3.22. The van der Waals surface area contributed by atoms with Crippen molar-refractivity contribution in [3.8, 4) is 5.75 Å². The van der Waals surface area contributed by atoms with Crippen LogP contribution in [0.1, 0.15) is 41.3 Å². The Hall–Kier alpha value is -1.81. The molecule has 0 unspecified atom stereocenters. The minimum Gasteiger partial charge on any atom is -0.489 e. The number of aromatic carboxylic acids is 1. The lowest BCUT2D eigenvalue weighted by Gasteiger charge is -2.11. The van der Waals surface area contributed by atoms with Crippen molar-refractivity contribution in [1.29, 1.82) is 0 Å². The van der Waals surface area contributed by atoms with Gasteiger partial charge in [0.05, 0.1) is 5.56 Å². The highest BCUT2D eigenvalue weighted by molar-refractivity contribution is 9.10. The summed E-state index contributed by atoms with van der Waals surface area (Å²) in [5.41, 5.74) is 2.10. The number of carboxylic acid groups (broad SMARTS) is 1. The number of carboxylic acids is 1. The minimum atomic E-state index is -0.947. The lowest BCUT2D eigenvalue weighted by molar-refractivity contribution is 0.0694. The molecule has 0 amide bonds. The second-order valence-electron chi connectivity index (χ2n) is 5.12. The lowest BCUT2D eigenvalue weighted by Crippen LogP contribution is -2.05. The molecule has 1 N–H and O–H groups in total. The minimum absolute atomic E-state index is 0.225. The van der Waals surface area contributed by atoms with Crippen LogP contribution >= 0.6 is 15.9 Å². The Bertz CT molecular complexity index is 650. The number of rotatable bonds is 5. The van der Waals surface area contributed by atoms with E-state index in [0.29, 0.717) is 11.5 Å². The highest BCUT2D eigenvalue weighted by Crippen LogP contribution is 2.23. The van der Waals surface area contributed by atoms with Gasteiger partial charge in [0.1, 0.15) is 12.4 Å². The Balaban J connectivity index is 2.18. The van der Waals surface area contributed by atoms with Crippen LogP contribution in [-0.4, -0.2) is 11.1 Å². The van der Waals surface area contributed by atoms with Gasteiger partial charge in [0, 0.05) is 10.0 Å². The van der Waals surface area contributed by atoms with Crippen molar-refractivity contribution < 1.29 is 14.6 Å². The van der Waals surface area contributed by atoms with Gasteiger partial charge < -0.3 is 9.84 Å². The van der Waals surface area contributed by atoms with Crippen LogP contribution in [0.25, 0.3) is 0 Å². The standard InChI is InChI=1S/C17H17BrO3/c1-11(2)12-4-3-5-15(9-12)21-10-13-8-14(18)6-7-16(13)17(19)20/h3-9,11H,10H2,1-2H3,(H,19,20). The zero-order valence-electron chi connectivity index (χ0n) is 12.0. The second-order valence-corrected chi connectivity index (χ2v) is 6.04. The summed E-state index contributed by atoms with van der Waals surface area (Å²) in [6, 6.07) is 12.9. The molecule has 2 aromatic rings. The molecule has 0 heterocycles. The highest BCUT2D eigenvalue weighted by Gasteiger charge is 2.11. The normalized spacial score (nSPS) is 10.7. The number of hydrogen-bond donors (Lipinski definition) is 1. The van der Waals surface area contributed by atoms with Gasteiger partial charge in [-0.1, -0.05) is 41.9 Å². The van der Waals surface area contributed by atoms with E-state index in [1.54, 1.807) is 18.2 Å². The van der Waals surface area contributed by atoms with Crippen LogP contribution < -0.4 is 4.74 Å². The molecule has 0 aliphatic heterocycles. The first-order valence-electron chi connectivity index (χ1n) is 6.72.